The van der Waals surface area contributed by atoms with Gasteiger partial charge < -0.3 is 5.32 Å². The number of carbonyl (C=O) groups is 3. The average Bonchev–Trinajstić information content (AvgIpc) is 2.83. The molecule has 0 radical (unpaired) electrons. The van der Waals surface area contributed by atoms with Gasteiger partial charge in [-0.1, -0.05) is 23.7 Å². The highest BCUT2D eigenvalue weighted by molar-refractivity contribution is 6.31. The van der Waals surface area contributed by atoms with Crippen LogP contribution in [0.5, 0.6) is 0 Å². The zero-order valence-corrected chi connectivity index (χ0v) is 14.3. The summed E-state index contributed by atoms with van der Waals surface area (Å²) in [5.41, 5.74) is 2.26. The molecule has 0 bridgehead atoms. The molecule has 0 spiro atoms. The Kier molecular flexibility index (Phi) is 4.42. The smallest absolute Gasteiger partial charge is 0.261 e. The molecule has 1 N–H and O–H groups in total. The molecule has 25 heavy (non-hydrogen) atoms. The molecule has 0 fully saturated rings. The van der Waals surface area contributed by atoms with Gasteiger partial charge in [-0.15, -0.1) is 6.58 Å². The lowest BCUT2D eigenvalue weighted by atomic mass is 10.0. The molecule has 2 aromatic rings. The van der Waals surface area contributed by atoms with E-state index < -0.39 is 5.91 Å². The normalized spacial score (nSPS) is 13.0. The zero-order chi connectivity index (χ0) is 18.1. The zero-order valence-electron chi connectivity index (χ0n) is 13.5. The summed E-state index contributed by atoms with van der Waals surface area (Å²) in [6, 6.07) is 9.65. The van der Waals surface area contributed by atoms with Gasteiger partial charge in [0.1, 0.15) is 0 Å². The minimum absolute atomic E-state index is 0.135. The summed E-state index contributed by atoms with van der Waals surface area (Å²) in [5.74, 6) is -1.18. The van der Waals surface area contributed by atoms with E-state index in [4.69, 9.17) is 11.6 Å². The fourth-order valence-electron chi connectivity index (χ4n) is 2.65. The van der Waals surface area contributed by atoms with Crippen LogP contribution in [0.25, 0.3) is 0 Å². The van der Waals surface area contributed by atoms with Crippen molar-refractivity contribution in [3.8, 4) is 0 Å². The number of hydrogen-bond acceptors (Lipinski definition) is 3. The third-order valence-electron chi connectivity index (χ3n) is 3.99. The number of rotatable bonds is 4. The molecule has 3 amide bonds. The molecule has 5 nitrogen and oxygen atoms in total. The molecule has 3 rings (SSSR count). The number of hydrogen-bond donors (Lipinski definition) is 1. The van der Waals surface area contributed by atoms with Crippen molar-refractivity contribution in [3.05, 3.63) is 76.3 Å². The van der Waals surface area contributed by atoms with E-state index in [1.54, 1.807) is 18.2 Å². The number of anilines is 1. The molecule has 1 heterocycles. The van der Waals surface area contributed by atoms with Gasteiger partial charge in [-0.3, -0.25) is 19.3 Å². The molecule has 1 aliphatic rings. The maximum Gasteiger partial charge on any atom is 0.261 e. The average molecular weight is 355 g/mol. The van der Waals surface area contributed by atoms with E-state index in [2.05, 4.69) is 11.9 Å². The van der Waals surface area contributed by atoms with Crippen LogP contribution in [0, 0.1) is 6.92 Å². The highest BCUT2D eigenvalue weighted by atomic mass is 35.5. The Morgan fingerprint density at radius 1 is 1.16 bits per heavy atom. The standard InChI is InChI=1S/C19H15ClN2O3/c1-3-8-22-18(24)14-7-5-12(9-15(14)19(22)25)17(23)21-16-10-13(20)6-4-11(16)2/h3-7,9-10H,1,8H2,2H3,(H,21,23). The Bertz CT molecular complexity index is 921. The molecule has 0 aliphatic carbocycles. The number of amides is 3. The lowest BCUT2D eigenvalue weighted by Gasteiger charge is -2.10. The van der Waals surface area contributed by atoms with E-state index >= 15 is 0 Å². The second-order valence-electron chi connectivity index (χ2n) is 5.68. The summed E-state index contributed by atoms with van der Waals surface area (Å²) >= 11 is 5.96. The molecule has 1 aliphatic heterocycles. The van der Waals surface area contributed by atoms with Crippen LogP contribution >= 0.6 is 11.6 Å². The summed E-state index contributed by atoms with van der Waals surface area (Å²) in [6.45, 7) is 5.53. The van der Waals surface area contributed by atoms with E-state index in [1.807, 2.05) is 6.92 Å². The first-order valence-electron chi connectivity index (χ1n) is 7.61. The van der Waals surface area contributed by atoms with Crippen molar-refractivity contribution in [1.29, 1.82) is 0 Å². The number of benzene rings is 2. The number of halogens is 1. The maximum atomic E-state index is 12.5. The van der Waals surface area contributed by atoms with Gasteiger partial charge in [-0.25, -0.2) is 0 Å². The van der Waals surface area contributed by atoms with Crippen LogP contribution in [-0.4, -0.2) is 29.2 Å². The first-order chi connectivity index (χ1) is 11.9. The van der Waals surface area contributed by atoms with Crippen molar-refractivity contribution in [1.82, 2.24) is 4.90 Å². The summed E-state index contributed by atoms with van der Waals surface area (Å²) in [6.07, 6.45) is 1.48. The van der Waals surface area contributed by atoms with Crippen molar-refractivity contribution in [2.45, 2.75) is 6.92 Å². The number of nitrogens with one attached hydrogen (secondary N) is 1. The van der Waals surface area contributed by atoms with Gasteiger partial charge in [0, 0.05) is 22.8 Å². The highest BCUT2D eigenvalue weighted by Crippen LogP contribution is 2.25. The van der Waals surface area contributed by atoms with Gasteiger partial charge in [-0.2, -0.15) is 0 Å². The molecule has 0 unspecified atom stereocenters. The van der Waals surface area contributed by atoms with Crippen LogP contribution in [-0.2, 0) is 0 Å². The quantitative estimate of drug-likeness (QED) is 0.672. The van der Waals surface area contributed by atoms with E-state index in [1.165, 1.54) is 24.3 Å². The number of nitrogens with zero attached hydrogens (tertiary/aromatic N) is 1. The Balaban J connectivity index is 1.89. The predicted molar refractivity (Wildman–Crippen MR) is 96.1 cm³/mol. The fraction of sp³-hybridized carbons (Fsp3) is 0.105. The fourth-order valence-corrected chi connectivity index (χ4v) is 2.82. The Morgan fingerprint density at radius 3 is 2.60 bits per heavy atom. The third kappa shape index (κ3) is 3.06. The topological polar surface area (TPSA) is 66.5 Å². The van der Waals surface area contributed by atoms with Gasteiger partial charge in [0.25, 0.3) is 17.7 Å². The first kappa shape index (κ1) is 16.9. The highest BCUT2D eigenvalue weighted by Gasteiger charge is 2.35. The third-order valence-corrected chi connectivity index (χ3v) is 4.23. The van der Waals surface area contributed by atoms with Crippen molar-refractivity contribution < 1.29 is 14.4 Å². The maximum absolute atomic E-state index is 12.5. The second-order valence-corrected chi connectivity index (χ2v) is 6.12. The second kappa shape index (κ2) is 6.53. The van der Waals surface area contributed by atoms with Gasteiger partial charge >= 0.3 is 0 Å². The molecule has 6 heteroatoms. The SMILES string of the molecule is C=CCN1C(=O)c2ccc(C(=O)Nc3cc(Cl)ccc3C)cc2C1=O. The summed E-state index contributed by atoms with van der Waals surface area (Å²) in [5, 5.41) is 3.28. The van der Waals surface area contributed by atoms with Crippen LogP contribution in [0.4, 0.5) is 5.69 Å². The van der Waals surface area contributed by atoms with Crippen LogP contribution in [0.3, 0.4) is 0 Å². The molecule has 2 aromatic carbocycles. The molecule has 0 aromatic heterocycles. The van der Waals surface area contributed by atoms with Gasteiger partial charge in [0.05, 0.1) is 11.1 Å². The van der Waals surface area contributed by atoms with Crippen LogP contribution in [0.2, 0.25) is 5.02 Å². The Morgan fingerprint density at radius 2 is 1.88 bits per heavy atom. The molecule has 0 saturated carbocycles. The van der Waals surface area contributed by atoms with E-state index in [0.29, 0.717) is 21.8 Å². The van der Waals surface area contributed by atoms with E-state index in [-0.39, 0.29) is 23.9 Å². The summed E-state index contributed by atoms with van der Waals surface area (Å²) < 4.78 is 0. The van der Waals surface area contributed by atoms with Gasteiger partial charge in [0.15, 0.2) is 0 Å². The Labute approximate surface area is 149 Å². The Hall–Kier alpha value is -2.92. The van der Waals surface area contributed by atoms with Crippen LogP contribution in [0.15, 0.2) is 49.1 Å². The lowest BCUT2D eigenvalue weighted by molar-refractivity contribution is 0.0672. The minimum atomic E-state index is -0.423. The minimum Gasteiger partial charge on any atom is -0.322 e. The van der Waals surface area contributed by atoms with E-state index in [0.717, 1.165) is 10.5 Å². The summed E-state index contributed by atoms with van der Waals surface area (Å²) in [7, 11) is 0. The molecule has 126 valence electrons. The lowest BCUT2D eigenvalue weighted by Crippen LogP contribution is -2.29. The molecular formula is C19H15ClN2O3. The first-order valence-corrected chi connectivity index (χ1v) is 7.99. The van der Waals surface area contributed by atoms with Crippen LogP contribution in [0.1, 0.15) is 36.6 Å². The largest absolute Gasteiger partial charge is 0.322 e. The molecular weight excluding hydrogens is 340 g/mol. The molecule has 0 saturated heterocycles. The monoisotopic (exact) mass is 354 g/mol. The predicted octanol–water partition coefficient (Wildman–Crippen LogP) is 3.68. The van der Waals surface area contributed by atoms with Crippen molar-refractivity contribution in [3.63, 3.8) is 0 Å². The number of fused-ring (bicyclic) bond motifs is 1. The van der Waals surface area contributed by atoms with Crippen molar-refractivity contribution >= 4 is 35.0 Å². The van der Waals surface area contributed by atoms with E-state index in [9.17, 15) is 14.4 Å². The van der Waals surface area contributed by atoms with Crippen molar-refractivity contribution in [2.75, 3.05) is 11.9 Å². The molecule has 0 atom stereocenters. The summed E-state index contributed by atoms with van der Waals surface area (Å²) in [4.78, 5) is 38.1. The number of imide groups is 1. The van der Waals surface area contributed by atoms with Crippen LogP contribution < -0.4 is 5.32 Å². The van der Waals surface area contributed by atoms with Crippen molar-refractivity contribution in [2.24, 2.45) is 0 Å². The number of carbonyl (C=O) groups excluding carboxylic acids is 3. The van der Waals surface area contributed by atoms with Gasteiger partial charge in [0.2, 0.25) is 0 Å². The number of aryl methyl sites for hydroxylation is 1. The van der Waals surface area contributed by atoms with Gasteiger partial charge in [-0.05, 0) is 42.8 Å².